The zero-order valence-corrected chi connectivity index (χ0v) is 15.0. The molecule has 0 unspecified atom stereocenters. The van der Waals surface area contributed by atoms with Gasteiger partial charge in [0.15, 0.2) is 5.69 Å². The highest BCUT2D eigenvalue weighted by molar-refractivity contribution is 5.90. The maximum Gasteiger partial charge on any atom is 0.361 e. The minimum Gasteiger partial charge on any atom is -0.489 e. The Morgan fingerprint density at radius 1 is 1.24 bits per heavy atom. The molecule has 1 aromatic heterocycles. The van der Waals surface area contributed by atoms with Crippen LogP contribution in [0.5, 0.6) is 5.75 Å². The molecule has 0 atom stereocenters. The van der Waals surface area contributed by atoms with Crippen molar-refractivity contribution in [2.24, 2.45) is 7.05 Å². The molecule has 7 heteroatoms. The molecule has 0 aliphatic carbocycles. The van der Waals surface area contributed by atoms with Gasteiger partial charge in [0.25, 0.3) is 5.56 Å². The highest BCUT2D eigenvalue weighted by Gasteiger charge is 2.24. The Bertz CT molecular complexity index is 787. The van der Waals surface area contributed by atoms with Crippen LogP contribution in [0.1, 0.15) is 29.9 Å². The van der Waals surface area contributed by atoms with Crippen molar-refractivity contribution in [3.63, 3.8) is 0 Å². The second-order valence-corrected chi connectivity index (χ2v) is 5.38. The first kappa shape index (κ1) is 18.5. The standard InChI is InChI=1S/C18H23N3O4/c1-5-21(12-13-10-8-7-9-11-13)18-19-14(17(23)25-6-2)15(24-4)16(22)20(18)3/h7-11H,5-6,12H2,1-4H3. The van der Waals surface area contributed by atoms with Gasteiger partial charge in [-0.2, -0.15) is 0 Å². The number of anilines is 1. The minimum atomic E-state index is -0.672. The van der Waals surface area contributed by atoms with Crippen molar-refractivity contribution in [1.29, 1.82) is 0 Å². The van der Waals surface area contributed by atoms with Crippen LogP contribution in [0.15, 0.2) is 35.1 Å². The first-order valence-corrected chi connectivity index (χ1v) is 8.14. The molecule has 1 aromatic carbocycles. The number of rotatable bonds is 7. The van der Waals surface area contributed by atoms with Gasteiger partial charge in [0.1, 0.15) is 0 Å². The van der Waals surface area contributed by atoms with E-state index in [1.54, 1.807) is 14.0 Å². The van der Waals surface area contributed by atoms with Crippen molar-refractivity contribution in [1.82, 2.24) is 9.55 Å². The predicted octanol–water partition coefficient (Wildman–Crippen LogP) is 1.99. The molecule has 0 fully saturated rings. The van der Waals surface area contributed by atoms with Crippen LogP contribution >= 0.6 is 0 Å². The molecule has 0 saturated heterocycles. The lowest BCUT2D eigenvalue weighted by Crippen LogP contribution is -2.33. The molecule has 7 nitrogen and oxygen atoms in total. The second-order valence-electron chi connectivity index (χ2n) is 5.38. The fraction of sp³-hybridized carbons (Fsp3) is 0.389. The summed E-state index contributed by atoms with van der Waals surface area (Å²) in [4.78, 5) is 31.1. The fourth-order valence-corrected chi connectivity index (χ4v) is 2.50. The van der Waals surface area contributed by atoms with Crippen LogP contribution < -0.4 is 15.2 Å². The summed E-state index contributed by atoms with van der Waals surface area (Å²) < 4.78 is 11.5. The van der Waals surface area contributed by atoms with Crippen LogP contribution in [0.3, 0.4) is 0 Å². The van der Waals surface area contributed by atoms with Crippen molar-refractivity contribution in [2.75, 3.05) is 25.2 Å². The van der Waals surface area contributed by atoms with Crippen LogP contribution in [0.4, 0.5) is 5.95 Å². The number of carbonyl (C=O) groups is 1. The topological polar surface area (TPSA) is 73.7 Å². The molecule has 2 aromatic rings. The van der Waals surface area contributed by atoms with Gasteiger partial charge in [0.05, 0.1) is 13.7 Å². The fourth-order valence-electron chi connectivity index (χ4n) is 2.50. The van der Waals surface area contributed by atoms with Gasteiger partial charge in [-0.25, -0.2) is 9.78 Å². The van der Waals surface area contributed by atoms with Gasteiger partial charge < -0.3 is 14.4 Å². The number of benzene rings is 1. The van der Waals surface area contributed by atoms with E-state index in [9.17, 15) is 9.59 Å². The molecule has 1 heterocycles. The quantitative estimate of drug-likeness (QED) is 0.715. The van der Waals surface area contributed by atoms with Crippen LogP contribution in [0.25, 0.3) is 0 Å². The number of esters is 1. The summed E-state index contributed by atoms with van der Waals surface area (Å²) in [5.74, 6) is -0.394. The molecule has 0 radical (unpaired) electrons. The van der Waals surface area contributed by atoms with Gasteiger partial charge >= 0.3 is 5.97 Å². The number of aromatic nitrogens is 2. The molecule has 0 amide bonds. The zero-order valence-electron chi connectivity index (χ0n) is 15.0. The van der Waals surface area contributed by atoms with Crippen molar-refractivity contribution in [3.05, 3.63) is 51.9 Å². The zero-order chi connectivity index (χ0) is 18.4. The lowest BCUT2D eigenvalue weighted by Gasteiger charge is -2.24. The average Bonchev–Trinajstić information content (AvgIpc) is 2.63. The van der Waals surface area contributed by atoms with E-state index >= 15 is 0 Å². The number of methoxy groups -OCH3 is 1. The maximum atomic E-state index is 12.6. The number of ether oxygens (including phenoxy) is 2. The Morgan fingerprint density at radius 3 is 2.48 bits per heavy atom. The van der Waals surface area contributed by atoms with Crippen LogP contribution in [0, 0.1) is 0 Å². The Morgan fingerprint density at radius 2 is 1.92 bits per heavy atom. The highest BCUT2D eigenvalue weighted by Crippen LogP contribution is 2.19. The van der Waals surface area contributed by atoms with Gasteiger partial charge in [0.2, 0.25) is 11.7 Å². The summed E-state index contributed by atoms with van der Waals surface area (Å²) in [6.45, 7) is 5.02. The molecule has 0 saturated carbocycles. The van der Waals surface area contributed by atoms with Crippen molar-refractivity contribution in [2.45, 2.75) is 20.4 Å². The van der Waals surface area contributed by atoms with E-state index in [0.717, 1.165) is 5.56 Å². The minimum absolute atomic E-state index is 0.103. The molecule has 0 spiro atoms. The largest absolute Gasteiger partial charge is 0.489 e. The van der Waals surface area contributed by atoms with E-state index in [4.69, 9.17) is 9.47 Å². The third-order valence-electron chi connectivity index (χ3n) is 3.78. The molecule has 0 bridgehead atoms. The Hall–Kier alpha value is -2.83. The third-order valence-corrected chi connectivity index (χ3v) is 3.78. The lowest BCUT2D eigenvalue weighted by atomic mass is 10.2. The Balaban J connectivity index is 2.51. The van der Waals surface area contributed by atoms with Gasteiger partial charge in [-0.3, -0.25) is 9.36 Å². The SMILES string of the molecule is CCOC(=O)c1nc(N(CC)Cc2ccccc2)n(C)c(=O)c1OC. The summed E-state index contributed by atoms with van der Waals surface area (Å²) in [6.07, 6.45) is 0. The van der Waals surface area contributed by atoms with Gasteiger partial charge in [-0.15, -0.1) is 0 Å². The number of hydrogen-bond donors (Lipinski definition) is 0. The molecule has 134 valence electrons. The van der Waals surface area contributed by atoms with E-state index in [2.05, 4.69) is 4.98 Å². The van der Waals surface area contributed by atoms with E-state index in [1.165, 1.54) is 11.7 Å². The molecular weight excluding hydrogens is 322 g/mol. The van der Waals surface area contributed by atoms with Crippen molar-refractivity contribution >= 4 is 11.9 Å². The summed E-state index contributed by atoms with van der Waals surface area (Å²) in [5.41, 5.74) is 0.545. The van der Waals surface area contributed by atoms with Gasteiger partial charge in [-0.1, -0.05) is 30.3 Å². The summed E-state index contributed by atoms with van der Waals surface area (Å²) >= 11 is 0. The molecule has 0 aliphatic rings. The van der Waals surface area contributed by atoms with Crippen LogP contribution in [-0.4, -0.2) is 35.8 Å². The van der Waals surface area contributed by atoms with E-state index in [0.29, 0.717) is 19.0 Å². The smallest absolute Gasteiger partial charge is 0.361 e. The van der Waals surface area contributed by atoms with Crippen LogP contribution in [0.2, 0.25) is 0 Å². The van der Waals surface area contributed by atoms with E-state index < -0.39 is 11.5 Å². The number of hydrogen-bond acceptors (Lipinski definition) is 6. The predicted molar refractivity (Wildman–Crippen MR) is 95.2 cm³/mol. The summed E-state index contributed by atoms with van der Waals surface area (Å²) in [5, 5.41) is 0. The van der Waals surface area contributed by atoms with Crippen molar-refractivity contribution < 1.29 is 14.3 Å². The number of nitrogens with zero attached hydrogens (tertiary/aromatic N) is 3. The first-order chi connectivity index (χ1) is 12.0. The third kappa shape index (κ3) is 3.99. The molecule has 0 N–H and O–H groups in total. The highest BCUT2D eigenvalue weighted by atomic mass is 16.5. The maximum absolute atomic E-state index is 12.6. The summed E-state index contributed by atoms with van der Waals surface area (Å²) in [7, 11) is 2.94. The Kier molecular flexibility index (Phi) is 6.16. The lowest BCUT2D eigenvalue weighted by molar-refractivity contribution is 0.0514. The molecule has 2 rings (SSSR count). The van der Waals surface area contributed by atoms with E-state index in [1.807, 2.05) is 42.2 Å². The normalized spacial score (nSPS) is 10.4. The van der Waals surface area contributed by atoms with Crippen LogP contribution in [-0.2, 0) is 18.3 Å². The van der Waals surface area contributed by atoms with Crippen molar-refractivity contribution in [3.8, 4) is 5.75 Å². The number of carbonyl (C=O) groups excluding carboxylic acids is 1. The second kappa shape index (κ2) is 8.32. The van der Waals surface area contributed by atoms with Gasteiger partial charge in [0, 0.05) is 20.1 Å². The molecule has 0 aliphatic heterocycles. The first-order valence-electron chi connectivity index (χ1n) is 8.14. The Labute approximate surface area is 146 Å². The monoisotopic (exact) mass is 345 g/mol. The molecular formula is C18H23N3O4. The summed E-state index contributed by atoms with van der Waals surface area (Å²) in [6, 6.07) is 9.84. The van der Waals surface area contributed by atoms with Gasteiger partial charge in [-0.05, 0) is 19.4 Å². The molecule has 25 heavy (non-hydrogen) atoms. The van der Waals surface area contributed by atoms with E-state index in [-0.39, 0.29) is 18.1 Å². The average molecular weight is 345 g/mol.